The molecule has 2 aromatic rings. The first-order valence-electron chi connectivity index (χ1n) is 7.11. The maximum absolute atomic E-state index is 13.0. The van der Waals surface area contributed by atoms with Crippen molar-refractivity contribution >= 4 is 39.2 Å². The number of sulfone groups is 1. The minimum atomic E-state index is -4.61. The van der Waals surface area contributed by atoms with E-state index in [2.05, 4.69) is 0 Å². The van der Waals surface area contributed by atoms with E-state index in [4.69, 9.17) is 21.4 Å². The molecule has 0 spiro atoms. The summed E-state index contributed by atoms with van der Waals surface area (Å²) in [6.45, 7) is -0.736. The van der Waals surface area contributed by atoms with Gasteiger partial charge in [-0.25, -0.2) is 13.2 Å². The van der Waals surface area contributed by atoms with Crippen LogP contribution >= 0.6 is 23.4 Å². The topological polar surface area (TPSA) is 80.7 Å². The highest BCUT2D eigenvalue weighted by Crippen LogP contribution is 2.42. The van der Waals surface area contributed by atoms with E-state index < -0.39 is 34.2 Å². The summed E-state index contributed by atoms with van der Waals surface area (Å²) in [4.78, 5) is 10.9. The Labute approximate surface area is 162 Å². The second-order valence-corrected chi connectivity index (χ2v) is 8.81. The van der Waals surface area contributed by atoms with E-state index in [-0.39, 0.29) is 25.5 Å². The lowest BCUT2D eigenvalue weighted by Crippen LogP contribution is -2.11. The van der Waals surface area contributed by atoms with Crippen LogP contribution in [0.4, 0.5) is 13.2 Å². The van der Waals surface area contributed by atoms with Crippen molar-refractivity contribution in [1.29, 1.82) is 0 Å². The fourth-order valence-corrected chi connectivity index (χ4v) is 3.89. The summed E-state index contributed by atoms with van der Waals surface area (Å²) < 4.78 is 67.1. The Kier molecular flexibility index (Phi) is 6.33. The van der Waals surface area contributed by atoms with Crippen molar-refractivity contribution in [1.82, 2.24) is 0 Å². The molecule has 0 aliphatic carbocycles. The quantitative estimate of drug-likeness (QED) is 0.718. The molecule has 2 aromatic carbocycles. The monoisotopic (exact) mass is 440 g/mol. The Balaban J connectivity index is 2.44. The zero-order valence-electron chi connectivity index (χ0n) is 13.6. The third-order valence-corrected chi connectivity index (χ3v) is 5.82. The van der Waals surface area contributed by atoms with E-state index in [9.17, 15) is 26.4 Å². The first-order chi connectivity index (χ1) is 12.4. The second kappa shape index (κ2) is 7.99. The molecule has 27 heavy (non-hydrogen) atoms. The molecule has 0 saturated carbocycles. The van der Waals surface area contributed by atoms with Crippen LogP contribution in [0.3, 0.4) is 0 Å². The molecule has 0 radical (unpaired) electrons. The van der Waals surface area contributed by atoms with Crippen molar-refractivity contribution < 1.29 is 36.2 Å². The molecule has 0 aliphatic rings. The minimum absolute atomic E-state index is 0.0138. The lowest BCUT2D eigenvalue weighted by atomic mass is 10.2. The van der Waals surface area contributed by atoms with Crippen LogP contribution in [0.25, 0.3) is 0 Å². The van der Waals surface area contributed by atoms with E-state index in [1.54, 1.807) is 0 Å². The molecule has 11 heteroatoms. The predicted molar refractivity (Wildman–Crippen MR) is 93.3 cm³/mol. The summed E-state index contributed by atoms with van der Waals surface area (Å²) >= 11 is 6.85. The number of hydrogen-bond acceptors (Lipinski definition) is 5. The molecule has 1 N–H and O–H groups in total. The highest BCUT2D eigenvalue weighted by molar-refractivity contribution is 7.99. The van der Waals surface area contributed by atoms with E-state index >= 15 is 0 Å². The smallest absolute Gasteiger partial charge is 0.416 e. The predicted octanol–water partition coefficient (Wildman–Crippen LogP) is 4.38. The number of halogens is 4. The Morgan fingerprint density at radius 1 is 1.19 bits per heavy atom. The maximum Gasteiger partial charge on any atom is 0.416 e. The van der Waals surface area contributed by atoms with Crippen LogP contribution in [-0.4, -0.2) is 32.4 Å². The van der Waals surface area contributed by atoms with Crippen molar-refractivity contribution in [2.24, 2.45) is 0 Å². The van der Waals surface area contributed by atoms with E-state index in [1.807, 2.05) is 0 Å². The number of carboxylic acids is 1. The third-order valence-electron chi connectivity index (χ3n) is 3.17. The molecule has 0 aromatic heterocycles. The van der Waals surface area contributed by atoms with Gasteiger partial charge in [0.15, 0.2) is 16.4 Å². The van der Waals surface area contributed by atoms with Crippen LogP contribution in [0.1, 0.15) is 5.56 Å². The zero-order valence-corrected chi connectivity index (χ0v) is 16.0. The van der Waals surface area contributed by atoms with Crippen LogP contribution in [-0.2, 0) is 20.8 Å². The zero-order chi connectivity index (χ0) is 20.4. The average molecular weight is 441 g/mol. The highest BCUT2D eigenvalue weighted by atomic mass is 35.5. The summed E-state index contributed by atoms with van der Waals surface area (Å²) in [5.41, 5.74) is -0.948. The fraction of sp³-hybridized carbons (Fsp3) is 0.188. The number of carboxylic acid groups (broad SMARTS) is 1. The molecule has 0 fully saturated rings. The van der Waals surface area contributed by atoms with Crippen LogP contribution in [0.2, 0.25) is 5.02 Å². The van der Waals surface area contributed by atoms with Crippen LogP contribution in [0, 0.1) is 0 Å². The van der Waals surface area contributed by atoms with Gasteiger partial charge in [-0.05, 0) is 36.4 Å². The summed E-state index contributed by atoms with van der Waals surface area (Å²) in [6.07, 6.45) is -3.61. The first-order valence-corrected chi connectivity index (χ1v) is 10.2. The molecule has 2 rings (SSSR count). The number of ether oxygens (including phenoxy) is 1. The van der Waals surface area contributed by atoms with Crippen LogP contribution in [0.5, 0.6) is 5.75 Å². The number of carbonyl (C=O) groups is 1. The molecule has 0 bridgehead atoms. The largest absolute Gasteiger partial charge is 0.481 e. The maximum atomic E-state index is 13.0. The van der Waals surface area contributed by atoms with Gasteiger partial charge in [-0.3, -0.25) is 0 Å². The number of benzene rings is 2. The Morgan fingerprint density at radius 2 is 1.85 bits per heavy atom. The van der Waals surface area contributed by atoms with Gasteiger partial charge in [-0.1, -0.05) is 23.4 Å². The van der Waals surface area contributed by atoms with Crippen molar-refractivity contribution in [2.45, 2.75) is 20.9 Å². The van der Waals surface area contributed by atoms with E-state index in [0.717, 1.165) is 36.2 Å². The fourth-order valence-electron chi connectivity index (χ4n) is 1.94. The van der Waals surface area contributed by atoms with Crippen molar-refractivity contribution in [3.8, 4) is 5.75 Å². The second-order valence-electron chi connectivity index (χ2n) is 5.31. The summed E-state index contributed by atoms with van der Waals surface area (Å²) in [6, 6.07) is 6.41. The van der Waals surface area contributed by atoms with Gasteiger partial charge < -0.3 is 9.84 Å². The van der Waals surface area contributed by atoms with Crippen molar-refractivity contribution in [3.63, 3.8) is 0 Å². The lowest BCUT2D eigenvalue weighted by Gasteiger charge is -2.14. The molecule has 0 saturated heterocycles. The van der Waals surface area contributed by atoms with E-state index in [1.165, 1.54) is 18.2 Å². The van der Waals surface area contributed by atoms with Gasteiger partial charge in [0.25, 0.3) is 0 Å². The summed E-state index contributed by atoms with van der Waals surface area (Å²) in [7, 11) is -3.50. The van der Waals surface area contributed by atoms with Gasteiger partial charge in [0.05, 0.1) is 20.4 Å². The molecule has 146 valence electrons. The van der Waals surface area contributed by atoms with Gasteiger partial charge in [-0.15, -0.1) is 0 Å². The minimum Gasteiger partial charge on any atom is -0.481 e. The molecular weight excluding hydrogens is 429 g/mol. The molecule has 5 nitrogen and oxygen atoms in total. The third kappa shape index (κ3) is 5.78. The lowest BCUT2D eigenvalue weighted by molar-refractivity contribution is -0.140. The van der Waals surface area contributed by atoms with Crippen molar-refractivity contribution in [2.75, 3.05) is 12.9 Å². The van der Waals surface area contributed by atoms with Gasteiger partial charge in [0.1, 0.15) is 5.75 Å². The molecular formula is C16H12ClF3O5S2. The first kappa shape index (κ1) is 21.4. The molecule has 0 aliphatic heterocycles. The molecule has 0 atom stereocenters. The number of alkyl halides is 3. The number of hydrogen-bond donors (Lipinski definition) is 1. The average Bonchev–Trinajstić information content (AvgIpc) is 2.53. The normalized spacial score (nSPS) is 12.0. The van der Waals surface area contributed by atoms with E-state index in [0.29, 0.717) is 0 Å². The molecule has 0 heterocycles. The summed E-state index contributed by atoms with van der Waals surface area (Å²) in [5, 5.41) is 8.72. The van der Waals surface area contributed by atoms with Crippen molar-refractivity contribution in [3.05, 3.63) is 47.0 Å². The van der Waals surface area contributed by atoms with Gasteiger partial charge >= 0.3 is 12.1 Å². The SMILES string of the molecule is CS(=O)(=O)c1ccc(Sc2cc(C(F)(F)F)ccc2OCC(=O)O)c(Cl)c1. The van der Waals surface area contributed by atoms with Crippen LogP contribution in [0.15, 0.2) is 51.1 Å². The van der Waals surface area contributed by atoms with Gasteiger partial charge in [-0.2, -0.15) is 13.2 Å². The number of rotatable bonds is 6. The highest BCUT2D eigenvalue weighted by Gasteiger charge is 2.31. The van der Waals surface area contributed by atoms with Crippen LogP contribution < -0.4 is 4.74 Å². The standard InChI is InChI=1S/C16H12ClF3O5S2/c1-27(23,24)10-3-5-13(11(17)7-10)26-14-6-9(16(18,19)20)2-4-12(14)25-8-15(21)22/h2-7H,8H2,1H3,(H,21,22). The van der Waals surface area contributed by atoms with Gasteiger partial charge in [0, 0.05) is 11.2 Å². The Bertz CT molecular complexity index is 975. The molecule has 0 amide bonds. The summed E-state index contributed by atoms with van der Waals surface area (Å²) in [5.74, 6) is -1.36. The Morgan fingerprint density at radius 3 is 2.37 bits per heavy atom. The molecule has 0 unspecified atom stereocenters. The number of aliphatic carboxylic acids is 1. The van der Waals surface area contributed by atoms with Gasteiger partial charge in [0.2, 0.25) is 0 Å². The Hall–Kier alpha value is -1.91.